The molecule has 1 fully saturated rings. The summed E-state index contributed by atoms with van der Waals surface area (Å²) in [6, 6.07) is 5.88. The van der Waals surface area contributed by atoms with E-state index in [0.29, 0.717) is 0 Å². The molecule has 1 aromatic rings. The summed E-state index contributed by atoms with van der Waals surface area (Å²) in [5, 5.41) is 0. The second-order valence-electron chi connectivity index (χ2n) is 4.19. The highest BCUT2D eigenvalue weighted by Gasteiger charge is 2.11. The topological polar surface area (TPSA) is 29.5 Å². The molecule has 16 heavy (non-hydrogen) atoms. The summed E-state index contributed by atoms with van der Waals surface area (Å²) in [6.07, 6.45) is 0.894. The molecular weight excluding hydrogens is 202 g/mol. The van der Waals surface area contributed by atoms with E-state index in [-0.39, 0.29) is 0 Å². The third-order valence-corrected chi connectivity index (χ3v) is 3.00. The predicted octanol–water partition coefficient (Wildman–Crippen LogP) is 1.64. The third kappa shape index (κ3) is 2.68. The Kier molecular flexibility index (Phi) is 3.70. The number of carbonyl (C=O) groups is 1. The molecule has 0 aromatic heterocycles. The highest BCUT2D eigenvalue weighted by atomic mass is 16.5. The average Bonchev–Trinajstić information content (AvgIpc) is 2.33. The fourth-order valence-corrected chi connectivity index (χ4v) is 1.97. The van der Waals surface area contributed by atoms with Crippen molar-refractivity contribution in [2.24, 2.45) is 0 Å². The number of carbonyl (C=O) groups excluding carboxylic acids is 1. The summed E-state index contributed by atoms with van der Waals surface area (Å²) in [6.45, 7) is 6.65. The van der Waals surface area contributed by atoms with Crippen molar-refractivity contribution in [3.8, 4) is 0 Å². The van der Waals surface area contributed by atoms with Crippen LogP contribution in [0, 0.1) is 6.92 Å². The first-order valence-electron chi connectivity index (χ1n) is 5.64. The van der Waals surface area contributed by atoms with Crippen molar-refractivity contribution in [2.75, 3.05) is 26.3 Å². The van der Waals surface area contributed by atoms with Crippen molar-refractivity contribution in [3.05, 3.63) is 34.9 Å². The first kappa shape index (κ1) is 11.3. The molecule has 0 aliphatic carbocycles. The van der Waals surface area contributed by atoms with Crippen LogP contribution in [0.1, 0.15) is 21.5 Å². The van der Waals surface area contributed by atoms with Crippen molar-refractivity contribution in [2.45, 2.75) is 13.5 Å². The van der Waals surface area contributed by atoms with Gasteiger partial charge >= 0.3 is 0 Å². The van der Waals surface area contributed by atoms with Crippen molar-refractivity contribution in [1.29, 1.82) is 0 Å². The fraction of sp³-hybridized carbons (Fsp3) is 0.462. The Morgan fingerprint density at radius 1 is 1.38 bits per heavy atom. The second kappa shape index (κ2) is 5.23. The zero-order chi connectivity index (χ0) is 11.4. The molecule has 1 aliphatic heterocycles. The molecule has 1 heterocycles. The van der Waals surface area contributed by atoms with Crippen LogP contribution < -0.4 is 0 Å². The fourth-order valence-electron chi connectivity index (χ4n) is 1.97. The lowest BCUT2D eigenvalue weighted by atomic mass is 10.1. The molecule has 86 valence electrons. The Morgan fingerprint density at radius 3 is 2.75 bits per heavy atom. The van der Waals surface area contributed by atoms with Crippen LogP contribution in [0.15, 0.2) is 18.2 Å². The molecule has 1 saturated heterocycles. The van der Waals surface area contributed by atoms with Gasteiger partial charge in [-0.1, -0.05) is 12.1 Å². The second-order valence-corrected chi connectivity index (χ2v) is 4.19. The SMILES string of the molecule is Cc1cc(C=O)ccc1CN1CCOCC1. The Balaban J connectivity index is 2.05. The maximum absolute atomic E-state index is 10.6. The van der Waals surface area contributed by atoms with E-state index in [0.717, 1.165) is 44.7 Å². The van der Waals surface area contributed by atoms with Crippen molar-refractivity contribution in [3.63, 3.8) is 0 Å². The molecule has 0 radical (unpaired) electrons. The number of aldehydes is 1. The molecule has 2 rings (SSSR count). The van der Waals surface area contributed by atoms with Gasteiger partial charge in [0.2, 0.25) is 0 Å². The maximum Gasteiger partial charge on any atom is 0.150 e. The number of morpholine rings is 1. The van der Waals surface area contributed by atoms with Gasteiger partial charge in [0.1, 0.15) is 6.29 Å². The predicted molar refractivity (Wildman–Crippen MR) is 62.7 cm³/mol. The first-order valence-corrected chi connectivity index (χ1v) is 5.64. The van der Waals surface area contributed by atoms with Crippen LogP contribution in [0.5, 0.6) is 0 Å². The van der Waals surface area contributed by atoms with E-state index in [9.17, 15) is 4.79 Å². The highest BCUT2D eigenvalue weighted by molar-refractivity contribution is 5.75. The molecule has 0 saturated carbocycles. The number of aryl methyl sites for hydroxylation is 1. The standard InChI is InChI=1S/C13H17NO2/c1-11-8-12(10-15)2-3-13(11)9-14-4-6-16-7-5-14/h2-3,8,10H,4-7,9H2,1H3. The summed E-state index contributed by atoms with van der Waals surface area (Å²) in [5.74, 6) is 0. The molecule has 3 nitrogen and oxygen atoms in total. The normalized spacial score (nSPS) is 17.3. The van der Waals surface area contributed by atoms with Crippen molar-refractivity contribution in [1.82, 2.24) is 4.90 Å². The van der Waals surface area contributed by atoms with E-state index in [2.05, 4.69) is 17.9 Å². The maximum atomic E-state index is 10.6. The number of rotatable bonds is 3. The van der Waals surface area contributed by atoms with E-state index in [1.165, 1.54) is 11.1 Å². The van der Waals surface area contributed by atoms with E-state index in [1.54, 1.807) is 0 Å². The van der Waals surface area contributed by atoms with Gasteiger partial charge in [-0.15, -0.1) is 0 Å². The zero-order valence-electron chi connectivity index (χ0n) is 9.61. The molecule has 0 amide bonds. The summed E-state index contributed by atoms with van der Waals surface area (Å²) in [7, 11) is 0. The van der Waals surface area contributed by atoms with Crippen LogP contribution in [-0.4, -0.2) is 37.5 Å². The van der Waals surface area contributed by atoms with Gasteiger partial charge in [0.05, 0.1) is 13.2 Å². The van der Waals surface area contributed by atoms with E-state index < -0.39 is 0 Å². The van der Waals surface area contributed by atoms with Crippen LogP contribution in [0.25, 0.3) is 0 Å². The Hall–Kier alpha value is -1.19. The smallest absolute Gasteiger partial charge is 0.150 e. The minimum absolute atomic E-state index is 0.753. The summed E-state index contributed by atoms with van der Waals surface area (Å²) < 4.78 is 5.32. The van der Waals surface area contributed by atoms with Gasteiger partial charge in [-0.2, -0.15) is 0 Å². The largest absolute Gasteiger partial charge is 0.379 e. The van der Waals surface area contributed by atoms with Gasteiger partial charge in [-0.25, -0.2) is 0 Å². The van der Waals surface area contributed by atoms with Crippen LogP contribution >= 0.6 is 0 Å². The van der Waals surface area contributed by atoms with Gasteiger partial charge in [0.15, 0.2) is 0 Å². The quantitative estimate of drug-likeness (QED) is 0.724. The minimum atomic E-state index is 0.753. The average molecular weight is 219 g/mol. The number of nitrogens with zero attached hydrogens (tertiary/aromatic N) is 1. The van der Waals surface area contributed by atoms with Crippen LogP contribution in [-0.2, 0) is 11.3 Å². The number of hydrogen-bond donors (Lipinski definition) is 0. The third-order valence-electron chi connectivity index (χ3n) is 3.00. The Bertz CT molecular complexity index is 370. The Morgan fingerprint density at radius 2 is 2.12 bits per heavy atom. The Labute approximate surface area is 96.0 Å². The molecule has 0 bridgehead atoms. The van der Waals surface area contributed by atoms with Crippen LogP contribution in [0.3, 0.4) is 0 Å². The highest BCUT2D eigenvalue weighted by Crippen LogP contribution is 2.13. The number of hydrogen-bond acceptors (Lipinski definition) is 3. The zero-order valence-corrected chi connectivity index (χ0v) is 9.61. The first-order chi connectivity index (χ1) is 7.79. The van der Waals surface area contributed by atoms with Gasteiger partial charge in [-0.3, -0.25) is 9.69 Å². The lowest BCUT2D eigenvalue weighted by Crippen LogP contribution is -2.35. The van der Waals surface area contributed by atoms with Gasteiger partial charge in [-0.05, 0) is 24.1 Å². The van der Waals surface area contributed by atoms with E-state index in [1.807, 2.05) is 12.1 Å². The summed E-state index contributed by atoms with van der Waals surface area (Å²) >= 11 is 0. The molecule has 1 aliphatic rings. The molecule has 0 unspecified atom stereocenters. The molecule has 0 spiro atoms. The lowest BCUT2D eigenvalue weighted by molar-refractivity contribution is 0.0341. The van der Waals surface area contributed by atoms with Gasteiger partial charge < -0.3 is 4.74 Å². The number of ether oxygens (including phenoxy) is 1. The van der Waals surface area contributed by atoms with Gasteiger partial charge in [0.25, 0.3) is 0 Å². The van der Waals surface area contributed by atoms with Crippen LogP contribution in [0.4, 0.5) is 0 Å². The van der Waals surface area contributed by atoms with E-state index in [4.69, 9.17) is 4.74 Å². The van der Waals surface area contributed by atoms with Crippen molar-refractivity contribution >= 4 is 6.29 Å². The molecule has 3 heteroatoms. The van der Waals surface area contributed by atoms with Crippen LogP contribution in [0.2, 0.25) is 0 Å². The molecule has 1 aromatic carbocycles. The van der Waals surface area contributed by atoms with E-state index >= 15 is 0 Å². The molecule has 0 atom stereocenters. The molecule has 0 N–H and O–H groups in total. The minimum Gasteiger partial charge on any atom is -0.379 e. The molecular formula is C13H17NO2. The monoisotopic (exact) mass is 219 g/mol. The number of benzene rings is 1. The summed E-state index contributed by atoms with van der Waals surface area (Å²) in [4.78, 5) is 13.0. The lowest BCUT2D eigenvalue weighted by Gasteiger charge is -2.27. The summed E-state index contributed by atoms with van der Waals surface area (Å²) in [5.41, 5.74) is 3.24. The van der Waals surface area contributed by atoms with Gasteiger partial charge in [0, 0.05) is 25.2 Å². The van der Waals surface area contributed by atoms with Crippen molar-refractivity contribution < 1.29 is 9.53 Å².